The molecule has 4 aromatic rings. The van der Waals surface area contributed by atoms with Crippen LogP contribution in [-0.2, 0) is 10.5 Å². The Morgan fingerprint density at radius 1 is 0.968 bits per heavy atom. The summed E-state index contributed by atoms with van der Waals surface area (Å²) in [7, 11) is 0. The van der Waals surface area contributed by atoms with Crippen molar-refractivity contribution in [2.75, 3.05) is 31.2 Å². The Hall–Kier alpha value is -2.98. The Balaban J connectivity index is 1.49. The second-order valence-electron chi connectivity index (χ2n) is 7.01. The third kappa shape index (κ3) is 3.88. The Morgan fingerprint density at radius 2 is 1.71 bits per heavy atom. The highest BCUT2D eigenvalue weighted by Gasteiger charge is 2.23. The molecule has 0 aliphatic carbocycles. The van der Waals surface area contributed by atoms with E-state index >= 15 is 0 Å². The van der Waals surface area contributed by atoms with Crippen molar-refractivity contribution in [3.8, 4) is 5.69 Å². The highest BCUT2D eigenvalue weighted by Crippen LogP contribution is 2.31. The standard InChI is InChI=1S/C21H20F2N6OS/c22-19(23)29-17-9-5-4-8-16(17)24-18(29)14-31-21-26-25-20(27-10-12-30-13-11-27)28(21)15-6-2-1-3-7-15/h1-9,19H,10-14H2. The summed E-state index contributed by atoms with van der Waals surface area (Å²) in [6.45, 7) is 0.0255. The number of halogens is 2. The first-order chi connectivity index (χ1) is 15.2. The number of rotatable bonds is 6. The molecule has 1 saturated heterocycles. The number of ether oxygens (including phenoxy) is 1. The number of imidazole rings is 1. The van der Waals surface area contributed by atoms with E-state index in [0.717, 1.165) is 29.3 Å². The minimum Gasteiger partial charge on any atom is -0.378 e. The Kier molecular flexibility index (Phi) is 5.56. The summed E-state index contributed by atoms with van der Waals surface area (Å²) in [5.41, 5.74) is 1.89. The second-order valence-corrected chi connectivity index (χ2v) is 7.95. The first kappa shape index (κ1) is 20.0. The van der Waals surface area contributed by atoms with Crippen LogP contribution in [0.25, 0.3) is 16.7 Å². The minimum atomic E-state index is -2.67. The summed E-state index contributed by atoms with van der Waals surface area (Å²) in [5, 5.41) is 9.42. The van der Waals surface area contributed by atoms with E-state index < -0.39 is 6.55 Å². The molecule has 2 aromatic carbocycles. The van der Waals surface area contributed by atoms with Gasteiger partial charge in [0.05, 0.1) is 35.7 Å². The van der Waals surface area contributed by atoms with Gasteiger partial charge in [0.25, 0.3) is 0 Å². The lowest BCUT2D eigenvalue weighted by Crippen LogP contribution is -2.37. The van der Waals surface area contributed by atoms with E-state index in [0.29, 0.717) is 35.2 Å². The van der Waals surface area contributed by atoms with Crippen molar-refractivity contribution >= 4 is 28.7 Å². The SMILES string of the molecule is FC(F)n1c(CSc2nnc(N3CCOCC3)n2-c2ccccc2)nc2ccccc21. The molecule has 5 rings (SSSR count). The van der Waals surface area contributed by atoms with Gasteiger partial charge in [0.15, 0.2) is 5.16 Å². The predicted octanol–water partition coefficient (Wildman–Crippen LogP) is 4.14. The van der Waals surface area contributed by atoms with Crippen molar-refractivity contribution in [3.05, 3.63) is 60.4 Å². The van der Waals surface area contributed by atoms with Crippen LogP contribution >= 0.6 is 11.8 Å². The van der Waals surface area contributed by atoms with Gasteiger partial charge in [-0.2, -0.15) is 8.78 Å². The molecule has 1 aliphatic rings. The van der Waals surface area contributed by atoms with Crippen molar-refractivity contribution < 1.29 is 13.5 Å². The molecule has 1 fully saturated rings. The number of hydrogen-bond donors (Lipinski definition) is 0. The number of hydrogen-bond acceptors (Lipinski definition) is 6. The van der Waals surface area contributed by atoms with Crippen molar-refractivity contribution in [1.82, 2.24) is 24.3 Å². The Bertz CT molecular complexity index is 1170. The summed E-state index contributed by atoms with van der Waals surface area (Å²) >= 11 is 1.34. The summed E-state index contributed by atoms with van der Waals surface area (Å²) in [5.74, 6) is 1.27. The monoisotopic (exact) mass is 442 g/mol. The van der Waals surface area contributed by atoms with Gasteiger partial charge in [-0.3, -0.25) is 9.13 Å². The number of para-hydroxylation sites is 3. The molecule has 3 heterocycles. The van der Waals surface area contributed by atoms with E-state index in [1.165, 1.54) is 11.8 Å². The van der Waals surface area contributed by atoms with Crippen LogP contribution < -0.4 is 4.90 Å². The fourth-order valence-corrected chi connectivity index (χ4v) is 4.55. The first-order valence-corrected chi connectivity index (χ1v) is 10.9. The average Bonchev–Trinajstić information content (AvgIpc) is 3.40. The highest BCUT2D eigenvalue weighted by molar-refractivity contribution is 7.98. The molecule has 0 unspecified atom stereocenters. The number of thioether (sulfide) groups is 1. The van der Waals surface area contributed by atoms with Gasteiger partial charge in [-0.05, 0) is 24.3 Å². The summed E-state index contributed by atoms with van der Waals surface area (Å²) in [6, 6.07) is 16.7. The molecule has 0 saturated carbocycles. The van der Waals surface area contributed by atoms with E-state index in [4.69, 9.17) is 4.74 Å². The fraction of sp³-hybridized carbons (Fsp3) is 0.286. The zero-order chi connectivity index (χ0) is 21.2. The molecule has 0 atom stereocenters. The molecule has 0 N–H and O–H groups in total. The third-order valence-corrected chi connectivity index (χ3v) is 6.04. The maximum atomic E-state index is 13.8. The predicted molar refractivity (Wildman–Crippen MR) is 115 cm³/mol. The topological polar surface area (TPSA) is 61.0 Å². The number of fused-ring (bicyclic) bond motifs is 1. The molecule has 31 heavy (non-hydrogen) atoms. The van der Waals surface area contributed by atoms with Gasteiger partial charge in [0.1, 0.15) is 5.82 Å². The molecular formula is C21H20F2N6OS. The van der Waals surface area contributed by atoms with E-state index in [-0.39, 0.29) is 5.75 Å². The smallest absolute Gasteiger partial charge is 0.320 e. The Labute approximate surface area is 181 Å². The summed E-state index contributed by atoms with van der Waals surface area (Å²) in [4.78, 5) is 6.55. The van der Waals surface area contributed by atoms with Gasteiger partial charge in [0.2, 0.25) is 5.95 Å². The molecule has 0 bridgehead atoms. The van der Waals surface area contributed by atoms with Crippen LogP contribution in [0.5, 0.6) is 0 Å². The van der Waals surface area contributed by atoms with E-state index in [1.807, 2.05) is 34.9 Å². The van der Waals surface area contributed by atoms with Gasteiger partial charge in [-0.25, -0.2) is 4.98 Å². The number of alkyl halides is 2. The maximum absolute atomic E-state index is 13.8. The van der Waals surface area contributed by atoms with Crippen LogP contribution in [0.3, 0.4) is 0 Å². The Morgan fingerprint density at radius 3 is 2.48 bits per heavy atom. The van der Waals surface area contributed by atoms with Gasteiger partial charge in [-0.15, -0.1) is 10.2 Å². The van der Waals surface area contributed by atoms with Crippen LogP contribution in [0.4, 0.5) is 14.7 Å². The zero-order valence-electron chi connectivity index (χ0n) is 16.6. The molecule has 0 spiro atoms. The van der Waals surface area contributed by atoms with Gasteiger partial charge < -0.3 is 9.64 Å². The van der Waals surface area contributed by atoms with Crippen molar-refractivity contribution in [3.63, 3.8) is 0 Å². The molecule has 0 radical (unpaired) electrons. The fourth-order valence-electron chi connectivity index (χ4n) is 3.67. The lowest BCUT2D eigenvalue weighted by Gasteiger charge is -2.27. The van der Waals surface area contributed by atoms with E-state index in [1.54, 1.807) is 24.3 Å². The second kappa shape index (κ2) is 8.64. The lowest BCUT2D eigenvalue weighted by atomic mass is 10.3. The maximum Gasteiger partial charge on any atom is 0.320 e. The van der Waals surface area contributed by atoms with E-state index in [2.05, 4.69) is 20.1 Å². The van der Waals surface area contributed by atoms with Gasteiger partial charge in [0, 0.05) is 13.1 Å². The largest absolute Gasteiger partial charge is 0.378 e. The first-order valence-electron chi connectivity index (χ1n) is 9.92. The number of anilines is 1. The molecule has 160 valence electrons. The number of benzene rings is 2. The lowest BCUT2D eigenvalue weighted by molar-refractivity contribution is 0.0722. The molecule has 1 aliphatic heterocycles. The van der Waals surface area contributed by atoms with Crippen LogP contribution in [0.15, 0.2) is 59.8 Å². The molecule has 0 amide bonds. The van der Waals surface area contributed by atoms with Gasteiger partial charge in [-0.1, -0.05) is 42.1 Å². The molecule has 10 heteroatoms. The normalized spacial score (nSPS) is 14.6. The quantitative estimate of drug-likeness (QED) is 0.418. The highest BCUT2D eigenvalue weighted by atomic mass is 32.2. The zero-order valence-corrected chi connectivity index (χ0v) is 17.4. The molecule has 2 aromatic heterocycles. The third-order valence-electron chi connectivity index (χ3n) is 5.12. The number of morpholine rings is 1. The van der Waals surface area contributed by atoms with E-state index in [9.17, 15) is 8.78 Å². The van der Waals surface area contributed by atoms with Crippen LogP contribution in [-0.4, -0.2) is 50.6 Å². The van der Waals surface area contributed by atoms with Crippen LogP contribution in [0, 0.1) is 0 Å². The summed E-state index contributed by atoms with van der Waals surface area (Å²) < 4.78 is 35.9. The number of nitrogens with zero attached hydrogens (tertiary/aromatic N) is 6. The average molecular weight is 442 g/mol. The molecular weight excluding hydrogens is 422 g/mol. The van der Waals surface area contributed by atoms with Crippen molar-refractivity contribution in [2.24, 2.45) is 0 Å². The summed E-state index contributed by atoms with van der Waals surface area (Å²) in [6.07, 6.45) is 0. The van der Waals surface area contributed by atoms with Crippen molar-refractivity contribution in [1.29, 1.82) is 0 Å². The minimum absolute atomic E-state index is 0.243. The van der Waals surface area contributed by atoms with Crippen LogP contribution in [0.2, 0.25) is 0 Å². The molecule has 7 nitrogen and oxygen atoms in total. The van der Waals surface area contributed by atoms with Crippen molar-refractivity contribution in [2.45, 2.75) is 17.5 Å². The van der Waals surface area contributed by atoms with Gasteiger partial charge >= 0.3 is 6.55 Å². The number of aromatic nitrogens is 5. The van der Waals surface area contributed by atoms with Crippen LogP contribution in [0.1, 0.15) is 12.4 Å².